The summed E-state index contributed by atoms with van der Waals surface area (Å²) in [5, 5.41) is 3.14. The van der Waals surface area contributed by atoms with Crippen molar-refractivity contribution >= 4 is 60.6 Å². The second-order valence-corrected chi connectivity index (χ2v) is 12.0. The highest BCUT2D eigenvalue weighted by atomic mass is 32.2. The highest BCUT2D eigenvalue weighted by Gasteiger charge is 2.35. The number of carbonyl (C=O) groups is 2. The SMILES string of the molecule is Cc1ccc(S(=O)(=O)Oc2ccc3ccccc3c2/C=C2\SC(=O)N(Cc3cccc4ccccc34)C2=O)cc1. The van der Waals surface area contributed by atoms with Crippen LogP contribution >= 0.6 is 11.8 Å². The zero-order valence-corrected chi connectivity index (χ0v) is 23.0. The molecule has 6 rings (SSSR count). The van der Waals surface area contributed by atoms with E-state index in [0.717, 1.165) is 39.0 Å². The number of nitrogens with zero attached hydrogens (tertiary/aromatic N) is 1. The summed E-state index contributed by atoms with van der Waals surface area (Å²) in [5.74, 6) is -0.372. The van der Waals surface area contributed by atoms with Crippen LogP contribution in [0.4, 0.5) is 4.79 Å². The van der Waals surface area contributed by atoms with Crippen LogP contribution in [-0.4, -0.2) is 24.5 Å². The Hall–Kier alpha value is -4.40. The summed E-state index contributed by atoms with van der Waals surface area (Å²) in [6.45, 7) is 2.00. The fraction of sp³-hybridized carbons (Fsp3) is 0.0625. The lowest BCUT2D eigenvalue weighted by atomic mass is 10.0. The summed E-state index contributed by atoms with van der Waals surface area (Å²) in [5.41, 5.74) is 2.19. The molecule has 5 aromatic carbocycles. The number of thioether (sulfide) groups is 1. The lowest BCUT2D eigenvalue weighted by Gasteiger charge is -2.15. The maximum absolute atomic E-state index is 13.5. The van der Waals surface area contributed by atoms with Gasteiger partial charge in [-0.1, -0.05) is 90.5 Å². The minimum Gasteiger partial charge on any atom is -0.378 e. The summed E-state index contributed by atoms with van der Waals surface area (Å²) in [7, 11) is -4.15. The maximum Gasteiger partial charge on any atom is 0.339 e. The first kappa shape index (κ1) is 25.9. The molecule has 0 unspecified atom stereocenters. The second kappa shape index (κ2) is 10.3. The number of rotatable bonds is 6. The van der Waals surface area contributed by atoms with Crippen molar-refractivity contribution in [3.63, 3.8) is 0 Å². The van der Waals surface area contributed by atoms with Crippen LogP contribution in [-0.2, 0) is 21.5 Å². The lowest BCUT2D eigenvalue weighted by molar-refractivity contribution is -0.123. The van der Waals surface area contributed by atoms with Gasteiger partial charge in [-0.15, -0.1) is 0 Å². The fourth-order valence-corrected chi connectivity index (χ4v) is 6.50. The van der Waals surface area contributed by atoms with Gasteiger partial charge in [0.2, 0.25) is 0 Å². The molecule has 0 aliphatic carbocycles. The summed E-state index contributed by atoms with van der Waals surface area (Å²) < 4.78 is 31.9. The number of fused-ring (bicyclic) bond motifs is 2. The molecule has 2 amide bonds. The number of amides is 2. The van der Waals surface area contributed by atoms with Crippen molar-refractivity contribution in [2.24, 2.45) is 0 Å². The standard InChI is InChI=1S/C32H23NO5S2/c1-21-13-16-25(17-14-21)40(36,37)38-29-18-15-23-8-3-5-12-27(23)28(29)19-30-31(34)33(32(35)39-30)20-24-10-6-9-22-7-2-4-11-26(22)24/h2-19H,20H2,1H3/b30-19-. The molecule has 6 nitrogen and oxygen atoms in total. The molecule has 0 bridgehead atoms. The van der Waals surface area contributed by atoms with Crippen LogP contribution in [0.15, 0.2) is 113 Å². The van der Waals surface area contributed by atoms with E-state index >= 15 is 0 Å². The normalized spacial score (nSPS) is 14.9. The van der Waals surface area contributed by atoms with E-state index in [0.29, 0.717) is 10.9 Å². The Morgan fingerprint density at radius 1 is 0.775 bits per heavy atom. The van der Waals surface area contributed by atoms with Gasteiger partial charge in [0.1, 0.15) is 4.90 Å². The summed E-state index contributed by atoms with van der Waals surface area (Å²) in [4.78, 5) is 27.9. The van der Waals surface area contributed by atoms with Crippen LogP contribution in [0.5, 0.6) is 5.75 Å². The maximum atomic E-state index is 13.5. The van der Waals surface area contributed by atoms with E-state index in [1.807, 2.05) is 73.7 Å². The van der Waals surface area contributed by atoms with Crippen molar-refractivity contribution in [2.75, 3.05) is 0 Å². The van der Waals surface area contributed by atoms with Crippen LogP contribution < -0.4 is 4.18 Å². The molecule has 0 aromatic heterocycles. The third-order valence-corrected chi connectivity index (χ3v) is 8.95. The number of carbonyl (C=O) groups excluding carboxylic acids is 2. The molecule has 0 spiro atoms. The monoisotopic (exact) mass is 565 g/mol. The van der Waals surface area contributed by atoms with Gasteiger partial charge in [0.05, 0.1) is 11.4 Å². The minimum absolute atomic E-state index is 0.0209. The van der Waals surface area contributed by atoms with Crippen molar-refractivity contribution in [3.8, 4) is 5.75 Å². The van der Waals surface area contributed by atoms with Crippen molar-refractivity contribution < 1.29 is 22.2 Å². The summed E-state index contributed by atoms with van der Waals surface area (Å²) in [6.07, 6.45) is 1.55. The number of hydrogen-bond acceptors (Lipinski definition) is 6. The van der Waals surface area contributed by atoms with Crippen LogP contribution in [0, 0.1) is 6.92 Å². The molecule has 0 radical (unpaired) electrons. The predicted octanol–water partition coefficient (Wildman–Crippen LogP) is 7.31. The Balaban J connectivity index is 1.38. The van der Waals surface area contributed by atoms with Gasteiger partial charge in [-0.2, -0.15) is 8.42 Å². The van der Waals surface area contributed by atoms with Crippen LogP contribution in [0.1, 0.15) is 16.7 Å². The minimum atomic E-state index is -4.15. The molecule has 1 saturated heterocycles. The van der Waals surface area contributed by atoms with Gasteiger partial charge >= 0.3 is 10.1 Å². The number of benzene rings is 5. The summed E-state index contributed by atoms with van der Waals surface area (Å²) >= 11 is 0.828. The zero-order chi connectivity index (χ0) is 27.9. The fourth-order valence-electron chi connectivity index (χ4n) is 4.74. The van der Waals surface area contributed by atoms with Crippen LogP contribution in [0.2, 0.25) is 0 Å². The van der Waals surface area contributed by atoms with E-state index < -0.39 is 16.0 Å². The molecule has 8 heteroatoms. The van der Waals surface area contributed by atoms with Gasteiger partial charge in [0.15, 0.2) is 5.75 Å². The Labute approximate surface area is 236 Å². The molecular weight excluding hydrogens is 542 g/mol. The van der Waals surface area contributed by atoms with E-state index in [2.05, 4.69) is 0 Å². The molecular formula is C32H23NO5S2. The average Bonchev–Trinajstić information content (AvgIpc) is 3.22. The number of aryl methyl sites for hydroxylation is 1. The topological polar surface area (TPSA) is 80.8 Å². The van der Waals surface area contributed by atoms with E-state index in [1.165, 1.54) is 17.0 Å². The Bertz CT molecular complexity index is 1940. The molecule has 0 N–H and O–H groups in total. The molecule has 0 saturated carbocycles. The predicted molar refractivity (Wildman–Crippen MR) is 158 cm³/mol. The largest absolute Gasteiger partial charge is 0.378 e. The molecule has 0 atom stereocenters. The molecule has 1 heterocycles. The second-order valence-electron chi connectivity index (χ2n) is 9.46. The van der Waals surface area contributed by atoms with Crippen molar-refractivity contribution in [1.29, 1.82) is 0 Å². The third kappa shape index (κ3) is 4.87. The molecule has 198 valence electrons. The molecule has 5 aromatic rings. The highest BCUT2D eigenvalue weighted by Crippen LogP contribution is 2.38. The molecule has 40 heavy (non-hydrogen) atoms. The first-order valence-electron chi connectivity index (χ1n) is 12.5. The van der Waals surface area contributed by atoms with Gasteiger partial charge in [0, 0.05) is 5.56 Å². The van der Waals surface area contributed by atoms with E-state index in [4.69, 9.17) is 4.18 Å². The van der Waals surface area contributed by atoms with Gasteiger partial charge in [-0.3, -0.25) is 14.5 Å². The Morgan fingerprint density at radius 3 is 2.17 bits per heavy atom. The van der Waals surface area contributed by atoms with Crippen molar-refractivity contribution in [1.82, 2.24) is 4.90 Å². The number of imide groups is 1. The van der Waals surface area contributed by atoms with Gasteiger partial charge in [0.25, 0.3) is 11.1 Å². The van der Waals surface area contributed by atoms with E-state index in [-0.39, 0.29) is 27.3 Å². The average molecular weight is 566 g/mol. The first-order chi connectivity index (χ1) is 19.3. The molecule has 1 aliphatic rings. The van der Waals surface area contributed by atoms with E-state index in [1.54, 1.807) is 30.3 Å². The first-order valence-corrected chi connectivity index (χ1v) is 14.8. The Kier molecular flexibility index (Phi) is 6.65. The van der Waals surface area contributed by atoms with Gasteiger partial charge < -0.3 is 4.18 Å². The molecule has 1 aliphatic heterocycles. The highest BCUT2D eigenvalue weighted by molar-refractivity contribution is 8.18. The summed E-state index contributed by atoms with van der Waals surface area (Å²) in [6, 6.07) is 30.7. The zero-order valence-electron chi connectivity index (χ0n) is 21.4. The van der Waals surface area contributed by atoms with Gasteiger partial charge in [-0.25, -0.2) is 0 Å². The van der Waals surface area contributed by atoms with Crippen molar-refractivity contribution in [3.05, 3.63) is 125 Å². The Morgan fingerprint density at radius 2 is 1.43 bits per heavy atom. The lowest BCUT2D eigenvalue weighted by Crippen LogP contribution is -2.27. The van der Waals surface area contributed by atoms with Crippen LogP contribution in [0.25, 0.3) is 27.6 Å². The third-order valence-electron chi connectivity index (χ3n) is 6.80. The smallest absolute Gasteiger partial charge is 0.339 e. The quantitative estimate of drug-likeness (QED) is 0.159. The van der Waals surface area contributed by atoms with Crippen molar-refractivity contribution in [2.45, 2.75) is 18.4 Å². The molecule has 1 fully saturated rings. The van der Waals surface area contributed by atoms with Crippen LogP contribution in [0.3, 0.4) is 0 Å². The van der Waals surface area contributed by atoms with Gasteiger partial charge in [-0.05, 0) is 70.1 Å². The van der Waals surface area contributed by atoms with E-state index in [9.17, 15) is 18.0 Å². The number of hydrogen-bond donors (Lipinski definition) is 0.